The number of hydrogen-bond donors (Lipinski definition) is 2. The van der Waals surface area contributed by atoms with Crippen LogP contribution in [0.1, 0.15) is 42.5 Å². The second kappa shape index (κ2) is 6.63. The minimum absolute atomic E-state index is 0.0670. The number of nitrogens with zero attached hydrogens (tertiary/aromatic N) is 4. The fourth-order valence-corrected chi connectivity index (χ4v) is 3.68. The second-order valence-electron chi connectivity index (χ2n) is 7.41. The van der Waals surface area contributed by atoms with Gasteiger partial charge in [-0.15, -0.1) is 0 Å². The summed E-state index contributed by atoms with van der Waals surface area (Å²) >= 11 is 0. The van der Waals surface area contributed by atoms with Crippen LogP contribution >= 0.6 is 0 Å². The summed E-state index contributed by atoms with van der Waals surface area (Å²) in [6, 6.07) is 4.30. The molecule has 134 valence electrons. The first kappa shape index (κ1) is 16.3. The molecule has 2 fully saturated rings. The Labute approximate surface area is 147 Å². The van der Waals surface area contributed by atoms with E-state index >= 15 is 0 Å². The number of nitrogens with one attached hydrogen (secondary N) is 2. The van der Waals surface area contributed by atoms with E-state index in [-0.39, 0.29) is 23.8 Å². The third-order valence-electron chi connectivity index (χ3n) is 5.36. The first-order valence-electron chi connectivity index (χ1n) is 9.12. The van der Waals surface area contributed by atoms with Crippen LogP contribution in [0.25, 0.3) is 0 Å². The molecule has 2 N–H and O–H groups in total. The molecule has 25 heavy (non-hydrogen) atoms. The van der Waals surface area contributed by atoms with Crippen molar-refractivity contribution in [2.45, 2.75) is 44.7 Å². The number of H-pyrrole nitrogens is 1. The van der Waals surface area contributed by atoms with Gasteiger partial charge in [0.2, 0.25) is 5.91 Å². The largest absolute Gasteiger partial charge is 0.353 e. The summed E-state index contributed by atoms with van der Waals surface area (Å²) in [6.07, 6.45) is 5.08. The van der Waals surface area contributed by atoms with Crippen molar-refractivity contribution in [3.05, 3.63) is 35.7 Å². The highest BCUT2D eigenvalue weighted by atomic mass is 16.2. The standard InChI is InChI=1S/C18H26N6O/c1-12-19-17(22-21-12)15-7-9-24(10-14-4-3-8-23(14)2)11-16(15)20-18(25)13-5-6-13/h3-4,8,13,15-16H,5-7,9-11H2,1-2H3,(H,20,25)(H,19,21,22)/t15-,16+/m0/s1. The lowest BCUT2D eigenvalue weighted by Crippen LogP contribution is -2.52. The molecule has 4 rings (SSSR count). The molecule has 1 saturated heterocycles. The van der Waals surface area contributed by atoms with Crippen molar-refractivity contribution in [3.63, 3.8) is 0 Å². The molecule has 7 nitrogen and oxygen atoms in total. The van der Waals surface area contributed by atoms with Gasteiger partial charge in [-0.2, -0.15) is 5.10 Å². The molecular formula is C18H26N6O. The molecule has 2 aromatic heterocycles. The zero-order valence-electron chi connectivity index (χ0n) is 14.9. The fraction of sp³-hybridized carbons (Fsp3) is 0.611. The lowest BCUT2D eigenvalue weighted by molar-refractivity contribution is -0.123. The van der Waals surface area contributed by atoms with Crippen LogP contribution in [0.2, 0.25) is 0 Å². The summed E-state index contributed by atoms with van der Waals surface area (Å²) in [4.78, 5) is 19.3. The van der Waals surface area contributed by atoms with Gasteiger partial charge in [-0.1, -0.05) is 0 Å². The molecule has 0 bridgehead atoms. The number of hydrogen-bond acceptors (Lipinski definition) is 4. The average Bonchev–Trinajstić information content (AvgIpc) is 3.25. The smallest absolute Gasteiger partial charge is 0.223 e. The van der Waals surface area contributed by atoms with Crippen molar-refractivity contribution in [1.29, 1.82) is 0 Å². The lowest BCUT2D eigenvalue weighted by atomic mass is 9.90. The van der Waals surface area contributed by atoms with Crippen molar-refractivity contribution < 1.29 is 4.79 Å². The van der Waals surface area contributed by atoms with Gasteiger partial charge in [0, 0.05) is 43.9 Å². The summed E-state index contributed by atoms with van der Waals surface area (Å²) in [6.45, 7) is 4.64. The fourth-order valence-electron chi connectivity index (χ4n) is 3.68. The topological polar surface area (TPSA) is 78.8 Å². The van der Waals surface area contributed by atoms with E-state index in [2.05, 4.69) is 55.3 Å². The highest BCUT2D eigenvalue weighted by molar-refractivity contribution is 5.81. The van der Waals surface area contributed by atoms with Gasteiger partial charge in [0.15, 0.2) is 5.82 Å². The van der Waals surface area contributed by atoms with Gasteiger partial charge in [0.05, 0.1) is 6.04 Å². The van der Waals surface area contributed by atoms with E-state index in [1.54, 1.807) is 0 Å². The molecule has 0 aromatic carbocycles. The van der Waals surface area contributed by atoms with Crippen LogP contribution in [0.15, 0.2) is 18.3 Å². The van der Waals surface area contributed by atoms with Gasteiger partial charge in [0.1, 0.15) is 5.82 Å². The predicted molar refractivity (Wildman–Crippen MR) is 93.8 cm³/mol. The Kier molecular flexibility index (Phi) is 4.33. The van der Waals surface area contributed by atoms with Gasteiger partial charge in [0.25, 0.3) is 0 Å². The maximum Gasteiger partial charge on any atom is 0.223 e. The highest BCUT2D eigenvalue weighted by Crippen LogP contribution is 2.31. The first-order chi connectivity index (χ1) is 12.1. The molecule has 7 heteroatoms. The van der Waals surface area contributed by atoms with Gasteiger partial charge in [-0.3, -0.25) is 14.8 Å². The van der Waals surface area contributed by atoms with E-state index in [0.717, 1.165) is 50.5 Å². The number of carbonyl (C=O) groups excluding carboxylic acids is 1. The number of likely N-dealkylation sites (tertiary alicyclic amines) is 1. The summed E-state index contributed by atoms with van der Waals surface area (Å²) in [5, 5.41) is 10.6. The molecule has 0 radical (unpaired) electrons. The van der Waals surface area contributed by atoms with Crippen LogP contribution in [0.5, 0.6) is 0 Å². The van der Waals surface area contributed by atoms with Crippen LogP contribution in [0, 0.1) is 12.8 Å². The normalized spacial score (nSPS) is 24.4. The molecule has 1 amide bonds. The maximum atomic E-state index is 12.4. The van der Waals surface area contributed by atoms with Gasteiger partial charge < -0.3 is 9.88 Å². The Bertz CT molecular complexity index is 746. The Morgan fingerprint density at radius 1 is 1.40 bits per heavy atom. The third kappa shape index (κ3) is 3.61. The van der Waals surface area contributed by atoms with Gasteiger partial charge in [-0.05, 0) is 44.9 Å². The third-order valence-corrected chi connectivity index (χ3v) is 5.36. The molecule has 2 atom stereocenters. The van der Waals surface area contributed by atoms with Crippen LogP contribution in [-0.4, -0.2) is 49.7 Å². The molecule has 1 aliphatic carbocycles. The zero-order chi connectivity index (χ0) is 17.4. The number of rotatable bonds is 5. The first-order valence-corrected chi connectivity index (χ1v) is 9.12. The molecule has 0 unspecified atom stereocenters. The van der Waals surface area contributed by atoms with Crippen LogP contribution in [0.4, 0.5) is 0 Å². The molecular weight excluding hydrogens is 316 g/mol. The molecule has 1 aliphatic heterocycles. The number of amides is 1. The zero-order valence-corrected chi connectivity index (χ0v) is 14.9. The van der Waals surface area contributed by atoms with Crippen molar-refractivity contribution in [2.24, 2.45) is 13.0 Å². The van der Waals surface area contributed by atoms with Crippen LogP contribution in [-0.2, 0) is 18.4 Å². The van der Waals surface area contributed by atoms with Gasteiger partial charge >= 0.3 is 0 Å². The predicted octanol–water partition coefficient (Wildman–Crippen LogP) is 1.34. The van der Waals surface area contributed by atoms with Crippen LogP contribution < -0.4 is 5.32 Å². The monoisotopic (exact) mass is 342 g/mol. The minimum Gasteiger partial charge on any atom is -0.353 e. The van der Waals surface area contributed by atoms with Crippen molar-refractivity contribution in [1.82, 2.24) is 30.0 Å². The number of aromatic nitrogens is 4. The summed E-state index contributed by atoms with van der Waals surface area (Å²) in [5.41, 5.74) is 1.29. The average molecular weight is 342 g/mol. The maximum absolute atomic E-state index is 12.4. The Morgan fingerprint density at radius 3 is 2.88 bits per heavy atom. The van der Waals surface area contributed by atoms with Crippen molar-refractivity contribution in [2.75, 3.05) is 13.1 Å². The molecule has 2 aliphatic rings. The summed E-state index contributed by atoms with van der Waals surface area (Å²) < 4.78 is 2.16. The Balaban J connectivity index is 1.48. The second-order valence-corrected chi connectivity index (χ2v) is 7.41. The molecule has 1 saturated carbocycles. The molecule has 0 spiro atoms. The lowest BCUT2D eigenvalue weighted by Gasteiger charge is -2.38. The van der Waals surface area contributed by atoms with E-state index < -0.39 is 0 Å². The quantitative estimate of drug-likeness (QED) is 0.859. The number of carbonyl (C=O) groups is 1. The summed E-state index contributed by atoms with van der Waals surface area (Å²) in [5.74, 6) is 2.25. The van der Waals surface area contributed by atoms with E-state index in [9.17, 15) is 4.79 Å². The van der Waals surface area contributed by atoms with E-state index in [0.29, 0.717) is 0 Å². The van der Waals surface area contributed by atoms with Gasteiger partial charge in [-0.25, -0.2) is 4.98 Å². The van der Waals surface area contributed by atoms with E-state index in [1.807, 2.05) is 6.92 Å². The van der Waals surface area contributed by atoms with E-state index in [1.165, 1.54) is 5.69 Å². The number of aryl methyl sites for hydroxylation is 2. The Hall–Kier alpha value is -2.15. The summed E-state index contributed by atoms with van der Waals surface area (Å²) in [7, 11) is 2.07. The number of aromatic amines is 1. The van der Waals surface area contributed by atoms with E-state index in [4.69, 9.17) is 0 Å². The van der Waals surface area contributed by atoms with Crippen molar-refractivity contribution >= 4 is 5.91 Å². The molecule has 3 heterocycles. The minimum atomic E-state index is 0.0670. The Morgan fingerprint density at radius 2 is 2.24 bits per heavy atom. The number of piperidine rings is 1. The van der Waals surface area contributed by atoms with Crippen molar-refractivity contribution in [3.8, 4) is 0 Å². The molecule has 2 aromatic rings. The van der Waals surface area contributed by atoms with Crippen LogP contribution in [0.3, 0.4) is 0 Å². The highest BCUT2D eigenvalue weighted by Gasteiger charge is 2.37. The SMILES string of the molecule is Cc1nc([C@H]2CCN(Cc3cccn3C)C[C@H]2NC(=O)C2CC2)n[nH]1.